The van der Waals surface area contributed by atoms with Gasteiger partial charge < -0.3 is 15.5 Å². The first kappa shape index (κ1) is 23.1. The lowest BCUT2D eigenvalue weighted by Gasteiger charge is -2.32. The monoisotopic (exact) mass is 470 g/mol. The highest BCUT2D eigenvalue weighted by molar-refractivity contribution is 6.07. The van der Waals surface area contributed by atoms with Gasteiger partial charge in [0.2, 0.25) is 17.7 Å². The van der Waals surface area contributed by atoms with E-state index in [4.69, 9.17) is 0 Å². The zero-order chi connectivity index (χ0) is 24.2. The molecule has 7 nitrogen and oxygen atoms in total. The van der Waals surface area contributed by atoms with Gasteiger partial charge in [-0.2, -0.15) is 0 Å². The fourth-order valence-electron chi connectivity index (χ4n) is 5.04. The average molecular weight is 471 g/mol. The molecule has 0 aliphatic carbocycles. The highest BCUT2D eigenvalue weighted by Gasteiger charge is 2.36. The smallest absolute Gasteiger partial charge is 0.238 e. The maximum atomic E-state index is 13.0. The van der Waals surface area contributed by atoms with Crippen molar-refractivity contribution in [2.24, 2.45) is 5.92 Å². The number of nitrogens with zero attached hydrogens (tertiary/aromatic N) is 2. The second-order valence-electron chi connectivity index (χ2n) is 9.38. The van der Waals surface area contributed by atoms with Crippen LogP contribution < -0.4 is 15.5 Å². The van der Waals surface area contributed by atoms with E-state index in [1.165, 1.54) is 0 Å². The first-order valence-corrected chi connectivity index (χ1v) is 12.2. The molecule has 7 heteroatoms. The van der Waals surface area contributed by atoms with Gasteiger partial charge in [-0.3, -0.25) is 19.3 Å². The summed E-state index contributed by atoms with van der Waals surface area (Å²) < 4.78 is 0. The van der Waals surface area contributed by atoms with Crippen LogP contribution in [-0.4, -0.2) is 54.8 Å². The highest BCUT2D eigenvalue weighted by Crippen LogP contribution is 2.31. The van der Waals surface area contributed by atoms with E-state index < -0.39 is 0 Å². The van der Waals surface area contributed by atoms with Gasteiger partial charge in [0.15, 0.2) is 0 Å². The summed E-state index contributed by atoms with van der Waals surface area (Å²) in [7, 11) is 0. The average Bonchev–Trinajstić information content (AvgIpc) is 3.27. The lowest BCUT2D eigenvalue weighted by molar-refractivity contribution is -0.127. The number of fused-ring (bicyclic) bond motifs is 1. The Balaban J connectivity index is 1.11. The number of hydrogen-bond donors (Lipinski definition) is 2. The Morgan fingerprint density at radius 3 is 2.40 bits per heavy atom. The molecule has 5 rings (SSSR count). The molecule has 0 bridgehead atoms. The minimum atomic E-state index is -0.351. The lowest BCUT2D eigenvalue weighted by atomic mass is 10.0. The molecule has 3 aromatic rings. The van der Waals surface area contributed by atoms with Crippen LogP contribution in [0.1, 0.15) is 19.3 Å². The van der Waals surface area contributed by atoms with E-state index in [9.17, 15) is 14.4 Å². The molecule has 3 aromatic carbocycles. The molecule has 0 spiro atoms. The molecule has 0 radical (unpaired) electrons. The molecule has 1 atom stereocenters. The van der Waals surface area contributed by atoms with E-state index in [0.29, 0.717) is 13.1 Å². The van der Waals surface area contributed by atoms with Crippen molar-refractivity contribution in [1.29, 1.82) is 0 Å². The molecule has 2 N–H and O–H groups in total. The molecule has 2 fully saturated rings. The Morgan fingerprint density at radius 1 is 0.886 bits per heavy atom. The van der Waals surface area contributed by atoms with E-state index in [0.717, 1.165) is 48.1 Å². The second-order valence-corrected chi connectivity index (χ2v) is 9.38. The van der Waals surface area contributed by atoms with Gasteiger partial charge in [0.05, 0.1) is 18.2 Å². The van der Waals surface area contributed by atoms with Gasteiger partial charge in [-0.1, -0.05) is 54.6 Å². The summed E-state index contributed by atoms with van der Waals surface area (Å²) in [6.45, 7) is 2.24. The summed E-state index contributed by atoms with van der Waals surface area (Å²) in [4.78, 5) is 42.0. The molecular formula is C28H30N4O3. The van der Waals surface area contributed by atoms with Crippen LogP contribution in [0, 0.1) is 5.92 Å². The molecule has 3 amide bonds. The first-order chi connectivity index (χ1) is 17.1. The highest BCUT2D eigenvalue weighted by atomic mass is 16.2. The maximum absolute atomic E-state index is 13.0. The molecule has 2 heterocycles. The number of nitrogens with one attached hydrogen (secondary N) is 2. The van der Waals surface area contributed by atoms with Gasteiger partial charge in [0.1, 0.15) is 0 Å². The molecule has 0 saturated carbocycles. The van der Waals surface area contributed by atoms with E-state index in [1.807, 2.05) is 72.8 Å². The fraction of sp³-hybridized carbons (Fsp3) is 0.321. The normalized spacial score (nSPS) is 19.1. The molecule has 0 aromatic heterocycles. The van der Waals surface area contributed by atoms with Crippen LogP contribution >= 0.6 is 0 Å². The van der Waals surface area contributed by atoms with Crippen molar-refractivity contribution in [3.05, 3.63) is 72.8 Å². The summed E-state index contributed by atoms with van der Waals surface area (Å²) in [5.41, 5.74) is 1.66. The number of benzene rings is 3. The predicted octanol–water partition coefficient (Wildman–Crippen LogP) is 3.41. The Bertz CT molecular complexity index is 1220. The van der Waals surface area contributed by atoms with E-state index >= 15 is 0 Å². The number of carbonyl (C=O) groups is 3. The zero-order valence-corrected chi connectivity index (χ0v) is 19.7. The molecular weight excluding hydrogens is 440 g/mol. The minimum Gasteiger partial charge on any atom is -0.353 e. The summed E-state index contributed by atoms with van der Waals surface area (Å²) in [5, 5.41) is 8.17. The Hall–Kier alpha value is -3.71. The van der Waals surface area contributed by atoms with Gasteiger partial charge in [-0.05, 0) is 36.4 Å². The molecule has 2 saturated heterocycles. The van der Waals surface area contributed by atoms with Crippen LogP contribution in [0.3, 0.4) is 0 Å². The third kappa shape index (κ3) is 5.35. The molecule has 2 aliphatic heterocycles. The van der Waals surface area contributed by atoms with Crippen molar-refractivity contribution >= 4 is 39.9 Å². The van der Waals surface area contributed by atoms with Crippen LogP contribution in [0.2, 0.25) is 0 Å². The topological polar surface area (TPSA) is 81.8 Å². The Labute approximate surface area is 205 Å². The van der Waals surface area contributed by atoms with Crippen LogP contribution in [0.15, 0.2) is 72.8 Å². The third-order valence-corrected chi connectivity index (χ3v) is 6.91. The van der Waals surface area contributed by atoms with Crippen molar-refractivity contribution < 1.29 is 14.4 Å². The quantitative estimate of drug-likeness (QED) is 0.579. The number of amides is 3. The van der Waals surface area contributed by atoms with Crippen molar-refractivity contribution in [2.45, 2.75) is 25.3 Å². The number of likely N-dealkylation sites (tertiary alicyclic amines) is 1. The van der Waals surface area contributed by atoms with Gasteiger partial charge in [-0.15, -0.1) is 0 Å². The van der Waals surface area contributed by atoms with Crippen LogP contribution in [0.4, 0.5) is 11.4 Å². The van der Waals surface area contributed by atoms with E-state index in [2.05, 4.69) is 15.5 Å². The summed E-state index contributed by atoms with van der Waals surface area (Å²) >= 11 is 0. The third-order valence-electron chi connectivity index (χ3n) is 6.91. The van der Waals surface area contributed by atoms with Crippen LogP contribution in [0.5, 0.6) is 0 Å². The first-order valence-electron chi connectivity index (χ1n) is 12.2. The SMILES string of the molecule is O=C(CN1CCC(NC(=O)C2CC(=O)N(c3cccc4ccccc34)C2)CC1)Nc1ccccc1. The number of rotatable bonds is 6. The summed E-state index contributed by atoms with van der Waals surface area (Å²) in [6.07, 6.45) is 1.81. The van der Waals surface area contributed by atoms with Crippen molar-refractivity contribution in [3.8, 4) is 0 Å². The minimum absolute atomic E-state index is 0.0132. The van der Waals surface area contributed by atoms with Gasteiger partial charge in [0, 0.05) is 43.2 Å². The van der Waals surface area contributed by atoms with Crippen molar-refractivity contribution in [1.82, 2.24) is 10.2 Å². The summed E-state index contributed by atoms with van der Waals surface area (Å²) in [6, 6.07) is 23.4. The Morgan fingerprint density at radius 2 is 1.60 bits per heavy atom. The Kier molecular flexibility index (Phi) is 6.77. The predicted molar refractivity (Wildman–Crippen MR) is 137 cm³/mol. The van der Waals surface area contributed by atoms with Gasteiger partial charge in [0.25, 0.3) is 0 Å². The summed E-state index contributed by atoms with van der Waals surface area (Å²) in [5.74, 6) is -0.449. The van der Waals surface area contributed by atoms with Gasteiger partial charge >= 0.3 is 0 Å². The maximum Gasteiger partial charge on any atom is 0.238 e. The molecule has 1 unspecified atom stereocenters. The molecule has 35 heavy (non-hydrogen) atoms. The fourth-order valence-corrected chi connectivity index (χ4v) is 5.04. The van der Waals surface area contributed by atoms with Crippen molar-refractivity contribution in [2.75, 3.05) is 36.4 Å². The zero-order valence-electron chi connectivity index (χ0n) is 19.7. The largest absolute Gasteiger partial charge is 0.353 e. The standard InChI is InChI=1S/C28H30N4O3/c33-26(29-22-9-2-1-3-10-22)19-31-15-13-23(14-16-31)30-28(35)21-17-27(34)32(18-21)25-12-6-8-20-7-4-5-11-24(20)25/h1-12,21,23H,13-19H2,(H,29,33)(H,30,35). The van der Waals surface area contributed by atoms with Crippen LogP contribution in [-0.2, 0) is 14.4 Å². The van der Waals surface area contributed by atoms with E-state index in [1.54, 1.807) is 4.90 Å². The van der Waals surface area contributed by atoms with Gasteiger partial charge in [-0.25, -0.2) is 0 Å². The van der Waals surface area contributed by atoms with Crippen LogP contribution in [0.25, 0.3) is 10.8 Å². The molecule has 180 valence electrons. The number of anilines is 2. The van der Waals surface area contributed by atoms with Crippen molar-refractivity contribution in [3.63, 3.8) is 0 Å². The second kappa shape index (κ2) is 10.3. The lowest BCUT2D eigenvalue weighted by Crippen LogP contribution is -2.48. The van der Waals surface area contributed by atoms with E-state index in [-0.39, 0.29) is 36.1 Å². The number of carbonyl (C=O) groups excluding carboxylic acids is 3. The number of hydrogen-bond acceptors (Lipinski definition) is 4. The number of piperidine rings is 1. The molecule has 2 aliphatic rings. The number of para-hydroxylation sites is 1.